The molecule has 1 aliphatic carbocycles. The van der Waals surface area contributed by atoms with Gasteiger partial charge in [0.05, 0.1) is 24.3 Å². The lowest BCUT2D eigenvalue weighted by Gasteiger charge is -2.27. The Kier molecular flexibility index (Phi) is 7.24. The Hall–Kier alpha value is -3.01. The van der Waals surface area contributed by atoms with Gasteiger partial charge in [-0.05, 0) is 49.9 Å². The monoisotopic (exact) mass is 378 g/mol. The SMILES string of the molecule is CCOC(=O)C1CCC(Oc2ccc(NC(=O)C(=O)NN)c(N=O)c2)CC1. The van der Waals surface area contributed by atoms with Crippen LogP contribution in [0.3, 0.4) is 0 Å². The zero-order valence-electron chi connectivity index (χ0n) is 14.9. The van der Waals surface area contributed by atoms with Crippen LogP contribution in [0.2, 0.25) is 0 Å². The number of esters is 1. The summed E-state index contributed by atoms with van der Waals surface area (Å²) in [5, 5.41) is 5.09. The van der Waals surface area contributed by atoms with E-state index in [1.807, 2.05) is 0 Å². The standard InChI is InChI=1S/C17H22N4O6/c1-2-26-17(24)10-3-5-11(6-4-10)27-12-7-8-13(14(9-12)21-25)19-15(22)16(23)20-18/h7-11H,2-6,18H2,1H3,(H,19,22)(H,20,23). The molecule has 27 heavy (non-hydrogen) atoms. The molecular weight excluding hydrogens is 356 g/mol. The molecule has 0 bridgehead atoms. The molecule has 1 aromatic rings. The Labute approximate surface area is 155 Å². The van der Waals surface area contributed by atoms with Crippen LogP contribution in [-0.4, -0.2) is 30.5 Å². The number of nitrogens with zero attached hydrogens (tertiary/aromatic N) is 1. The Morgan fingerprint density at radius 1 is 1.19 bits per heavy atom. The second kappa shape index (κ2) is 9.62. The molecule has 2 amide bonds. The first-order valence-electron chi connectivity index (χ1n) is 8.61. The summed E-state index contributed by atoms with van der Waals surface area (Å²) < 4.78 is 10.9. The summed E-state index contributed by atoms with van der Waals surface area (Å²) in [6.45, 7) is 2.15. The lowest BCUT2D eigenvalue weighted by Crippen LogP contribution is -2.39. The van der Waals surface area contributed by atoms with Gasteiger partial charge in [0.25, 0.3) is 0 Å². The van der Waals surface area contributed by atoms with Crippen LogP contribution in [-0.2, 0) is 19.1 Å². The van der Waals surface area contributed by atoms with Crippen molar-refractivity contribution >= 4 is 29.2 Å². The molecule has 4 N–H and O–H groups in total. The molecule has 10 heteroatoms. The Bertz CT molecular complexity index is 715. The molecule has 0 atom stereocenters. The molecule has 1 aromatic carbocycles. The maximum atomic E-state index is 11.8. The van der Waals surface area contributed by atoms with E-state index in [4.69, 9.17) is 15.3 Å². The lowest BCUT2D eigenvalue weighted by atomic mass is 9.87. The quantitative estimate of drug-likeness (QED) is 0.170. The first kappa shape index (κ1) is 20.3. The van der Waals surface area contributed by atoms with Gasteiger partial charge in [-0.15, -0.1) is 4.91 Å². The van der Waals surface area contributed by atoms with Gasteiger partial charge >= 0.3 is 17.8 Å². The number of carbonyl (C=O) groups is 3. The minimum atomic E-state index is -1.05. The van der Waals surface area contributed by atoms with Crippen LogP contribution in [0.4, 0.5) is 11.4 Å². The first-order chi connectivity index (χ1) is 13.0. The van der Waals surface area contributed by atoms with Gasteiger partial charge in [0.15, 0.2) is 0 Å². The van der Waals surface area contributed by atoms with E-state index in [-0.39, 0.29) is 29.4 Å². The highest BCUT2D eigenvalue weighted by Gasteiger charge is 2.28. The molecule has 2 rings (SSSR count). The molecule has 0 heterocycles. The van der Waals surface area contributed by atoms with Crippen molar-refractivity contribution in [1.82, 2.24) is 5.43 Å². The van der Waals surface area contributed by atoms with Crippen LogP contribution in [0.1, 0.15) is 32.6 Å². The van der Waals surface area contributed by atoms with Crippen LogP contribution in [0.15, 0.2) is 23.4 Å². The molecular formula is C17H22N4O6. The zero-order chi connectivity index (χ0) is 19.8. The molecule has 1 aliphatic rings. The summed E-state index contributed by atoms with van der Waals surface area (Å²) in [6.07, 6.45) is 2.61. The zero-order valence-corrected chi connectivity index (χ0v) is 14.9. The van der Waals surface area contributed by atoms with Crippen molar-refractivity contribution < 1.29 is 23.9 Å². The van der Waals surface area contributed by atoms with Crippen LogP contribution in [0, 0.1) is 10.8 Å². The van der Waals surface area contributed by atoms with Crippen LogP contribution in [0.25, 0.3) is 0 Å². The fourth-order valence-electron chi connectivity index (χ4n) is 2.88. The van der Waals surface area contributed by atoms with E-state index < -0.39 is 11.8 Å². The fraction of sp³-hybridized carbons (Fsp3) is 0.471. The van der Waals surface area contributed by atoms with Gasteiger partial charge in [-0.1, -0.05) is 0 Å². The van der Waals surface area contributed by atoms with Crippen molar-refractivity contribution in [2.45, 2.75) is 38.7 Å². The number of rotatable bonds is 6. The molecule has 0 saturated heterocycles. The molecule has 0 radical (unpaired) electrons. The minimum Gasteiger partial charge on any atom is -0.490 e. The van der Waals surface area contributed by atoms with Gasteiger partial charge in [-0.3, -0.25) is 19.8 Å². The fourth-order valence-corrected chi connectivity index (χ4v) is 2.88. The average Bonchev–Trinajstić information content (AvgIpc) is 2.69. The first-order valence-corrected chi connectivity index (χ1v) is 8.61. The smallest absolute Gasteiger partial charge is 0.323 e. The topological polar surface area (TPSA) is 149 Å². The number of hydrogen-bond donors (Lipinski definition) is 3. The summed E-state index contributed by atoms with van der Waals surface area (Å²) in [5.41, 5.74) is 1.68. The maximum Gasteiger partial charge on any atom is 0.323 e. The Morgan fingerprint density at radius 2 is 1.89 bits per heavy atom. The summed E-state index contributed by atoms with van der Waals surface area (Å²) >= 11 is 0. The van der Waals surface area contributed by atoms with Crippen molar-refractivity contribution in [3.63, 3.8) is 0 Å². The van der Waals surface area contributed by atoms with Crippen molar-refractivity contribution in [3.05, 3.63) is 23.1 Å². The number of ether oxygens (including phenoxy) is 2. The molecule has 0 unspecified atom stereocenters. The van der Waals surface area contributed by atoms with E-state index in [1.54, 1.807) is 18.4 Å². The van der Waals surface area contributed by atoms with E-state index in [2.05, 4.69) is 10.5 Å². The predicted octanol–water partition coefficient (Wildman–Crippen LogP) is 1.51. The highest BCUT2D eigenvalue weighted by molar-refractivity contribution is 6.39. The number of benzene rings is 1. The molecule has 0 aromatic heterocycles. The highest BCUT2D eigenvalue weighted by Crippen LogP contribution is 2.33. The number of amides is 2. The van der Waals surface area contributed by atoms with E-state index in [0.29, 0.717) is 38.0 Å². The van der Waals surface area contributed by atoms with Crippen molar-refractivity contribution in [1.29, 1.82) is 0 Å². The van der Waals surface area contributed by atoms with Gasteiger partial charge in [-0.25, -0.2) is 5.84 Å². The summed E-state index contributed by atoms with van der Waals surface area (Å²) in [7, 11) is 0. The minimum absolute atomic E-state index is 0.0666. The summed E-state index contributed by atoms with van der Waals surface area (Å²) in [5.74, 6) is 2.93. The van der Waals surface area contributed by atoms with Crippen LogP contribution < -0.4 is 21.3 Å². The Morgan fingerprint density at radius 3 is 2.48 bits per heavy atom. The lowest BCUT2D eigenvalue weighted by molar-refractivity contribution is -0.149. The third-order valence-corrected chi connectivity index (χ3v) is 4.25. The molecule has 10 nitrogen and oxygen atoms in total. The number of anilines is 1. The second-order valence-corrected chi connectivity index (χ2v) is 6.04. The average molecular weight is 378 g/mol. The maximum absolute atomic E-state index is 11.8. The van der Waals surface area contributed by atoms with Gasteiger partial charge in [0, 0.05) is 6.07 Å². The van der Waals surface area contributed by atoms with Crippen LogP contribution >= 0.6 is 0 Å². The summed E-state index contributed by atoms with van der Waals surface area (Å²) in [6, 6.07) is 4.35. The Balaban J connectivity index is 1.96. The van der Waals surface area contributed by atoms with Crippen molar-refractivity contribution in [2.75, 3.05) is 11.9 Å². The number of hydrogen-bond acceptors (Lipinski definition) is 8. The van der Waals surface area contributed by atoms with Gasteiger partial charge in [0.1, 0.15) is 11.4 Å². The van der Waals surface area contributed by atoms with E-state index in [9.17, 15) is 19.3 Å². The van der Waals surface area contributed by atoms with Crippen LogP contribution in [0.5, 0.6) is 5.75 Å². The normalized spacial score (nSPS) is 18.9. The third-order valence-electron chi connectivity index (χ3n) is 4.25. The highest BCUT2D eigenvalue weighted by atomic mass is 16.5. The number of carbonyl (C=O) groups excluding carboxylic acids is 3. The van der Waals surface area contributed by atoms with Crippen molar-refractivity contribution in [2.24, 2.45) is 16.9 Å². The van der Waals surface area contributed by atoms with E-state index in [0.717, 1.165) is 0 Å². The van der Waals surface area contributed by atoms with E-state index in [1.165, 1.54) is 12.1 Å². The number of nitroso groups, excluding NO2 is 1. The third kappa shape index (κ3) is 5.48. The second-order valence-electron chi connectivity index (χ2n) is 6.04. The van der Waals surface area contributed by atoms with E-state index >= 15 is 0 Å². The summed E-state index contributed by atoms with van der Waals surface area (Å²) in [4.78, 5) is 45.5. The van der Waals surface area contributed by atoms with Gasteiger partial charge in [-0.2, -0.15) is 0 Å². The van der Waals surface area contributed by atoms with Crippen molar-refractivity contribution in [3.8, 4) is 5.75 Å². The van der Waals surface area contributed by atoms with Gasteiger partial charge < -0.3 is 14.8 Å². The molecule has 1 fully saturated rings. The molecule has 1 saturated carbocycles. The molecule has 0 spiro atoms. The predicted molar refractivity (Wildman–Crippen MR) is 95.9 cm³/mol. The largest absolute Gasteiger partial charge is 0.490 e. The van der Waals surface area contributed by atoms with Gasteiger partial charge in [0.2, 0.25) is 0 Å². The molecule has 0 aliphatic heterocycles. The number of hydrazine groups is 1. The molecule has 146 valence electrons. The number of nitrogens with two attached hydrogens (primary N) is 1. The number of nitrogens with one attached hydrogen (secondary N) is 2.